The van der Waals surface area contributed by atoms with Gasteiger partial charge in [-0.1, -0.05) is 36.4 Å². The van der Waals surface area contributed by atoms with Gasteiger partial charge in [-0.15, -0.1) is 0 Å². The maximum Gasteiger partial charge on any atom is 0.122 e. The summed E-state index contributed by atoms with van der Waals surface area (Å²) in [4.78, 5) is 0. The summed E-state index contributed by atoms with van der Waals surface area (Å²) in [6.07, 6.45) is 4.33. The Bertz CT molecular complexity index is 789. The molecular weight excluding hydrogens is 312 g/mol. The molecule has 1 fully saturated rings. The van der Waals surface area contributed by atoms with E-state index in [9.17, 15) is 0 Å². The second-order valence-corrected chi connectivity index (χ2v) is 7.39. The number of hydrogen-bond acceptors (Lipinski definition) is 3. The first-order valence-corrected chi connectivity index (χ1v) is 8.71. The zero-order chi connectivity index (χ0) is 17.5. The van der Waals surface area contributed by atoms with Gasteiger partial charge in [-0.05, 0) is 42.2 Å². The van der Waals surface area contributed by atoms with Crippen LogP contribution in [0, 0.1) is 0 Å². The number of ether oxygens (including phenoxy) is 3. The van der Waals surface area contributed by atoms with Crippen molar-refractivity contribution in [3.8, 4) is 11.5 Å². The third kappa shape index (κ3) is 2.83. The Labute approximate surface area is 149 Å². The summed E-state index contributed by atoms with van der Waals surface area (Å²) in [6, 6.07) is 16.8. The van der Waals surface area contributed by atoms with Crippen LogP contribution in [0.15, 0.2) is 54.6 Å². The van der Waals surface area contributed by atoms with Crippen molar-refractivity contribution >= 4 is 5.57 Å². The van der Waals surface area contributed by atoms with Crippen LogP contribution < -0.4 is 9.47 Å². The topological polar surface area (TPSA) is 27.7 Å². The Hall–Kier alpha value is -2.26. The zero-order valence-electron chi connectivity index (χ0n) is 15.0. The van der Waals surface area contributed by atoms with Crippen LogP contribution in [0.3, 0.4) is 0 Å². The van der Waals surface area contributed by atoms with Gasteiger partial charge < -0.3 is 14.2 Å². The molecule has 0 radical (unpaired) electrons. The lowest BCUT2D eigenvalue weighted by atomic mass is 9.68. The highest BCUT2D eigenvalue weighted by molar-refractivity contribution is 5.70. The predicted octanol–water partition coefficient (Wildman–Crippen LogP) is 4.61. The smallest absolute Gasteiger partial charge is 0.122 e. The van der Waals surface area contributed by atoms with Crippen LogP contribution in [0.5, 0.6) is 11.5 Å². The summed E-state index contributed by atoms with van der Waals surface area (Å²) in [7, 11) is 3.38. The highest BCUT2D eigenvalue weighted by Gasteiger charge is 2.50. The second kappa shape index (κ2) is 5.92. The van der Waals surface area contributed by atoms with Gasteiger partial charge in [0.15, 0.2) is 0 Å². The van der Waals surface area contributed by atoms with E-state index in [4.69, 9.17) is 14.2 Å². The Kier molecular flexibility index (Phi) is 3.84. The molecule has 2 bridgehead atoms. The van der Waals surface area contributed by atoms with Crippen molar-refractivity contribution in [3.05, 3.63) is 65.7 Å². The molecule has 0 unspecified atom stereocenters. The number of rotatable bonds is 4. The Morgan fingerprint density at radius 2 is 1.64 bits per heavy atom. The molecule has 1 heterocycles. The molecule has 1 aliphatic heterocycles. The first-order valence-electron chi connectivity index (χ1n) is 8.71. The largest absolute Gasteiger partial charge is 0.497 e. The van der Waals surface area contributed by atoms with Crippen LogP contribution in [0.4, 0.5) is 0 Å². The summed E-state index contributed by atoms with van der Waals surface area (Å²) in [5.74, 6) is 1.63. The van der Waals surface area contributed by atoms with Gasteiger partial charge in [0, 0.05) is 17.9 Å². The zero-order valence-corrected chi connectivity index (χ0v) is 15.0. The number of fused-ring (bicyclic) bond motifs is 2. The van der Waals surface area contributed by atoms with E-state index in [1.165, 1.54) is 16.7 Å². The van der Waals surface area contributed by atoms with Crippen molar-refractivity contribution in [1.82, 2.24) is 0 Å². The van der Waals surface area contributed by atoms with Crippen molar-refractivity contribution in [2.45, 2.75) is 30.8 Å². The average molecular weight is 336 g/mol. The molecule has 2 aliphatic rings. The fourth-order valence-corrected chi connectivity index (χ4v) is 4.27. The quantitative estimate of drug-likeness (QED) is 0.816. The van der Waals surface area contributed by atoms with Gasteiger partial charge in [0.1, 0.15) is 11.5 Å². The molecule has 3 nitrogen and oxygen atoms in total. The monoisotopic (exact) mass is 336 g/mol. The van der Waals surface area contributed by atoms with Crippen LogP contribution in [0.2, 0.25) is 0 Å². The molecule has 3 heteroatoms. The minimum atomic E-state index is -0.139. The Morgan fingerprint density at radius 3 is 2.28 bits per heavy atom. The van der Waals surface area contributed by atoms with Crippen LogP contribution in [-0.4, -0.2) is 26.4 Å². The third-order valence-corrected chi connectivity index (χ3v) is 5.45. The first kappa shape index (κ1) is 16.2. The van der Waals surface area contributed by atoms with Crippen molar-refractivity contribution in [3.63, 3.8) is 0 Å². The molecule has 130 valence electrons. The predicted molar refractivity (Wildman–Crippen MR) is 99.2 cm³/mol. The van der Waals surface area contributed by atoms with Gasteiger partial charge in [0.25, 0.3) is 0 Å². The van der Waals surface area contributed by atoms with E-state index in [2.05, 4.69) is 55.5 Å². The number of hydrogen-bond donors (Lipinski definition) is 0. The SMILES string of the molecule is COc1cc(OC)cc([C@@]23C=C(c4ccccc4)C[C@@](C)(C2)OC3)c1. The maximum absolute atomic E-state index is 6.29. The van der Waals surface area contributed by atoms with Gasteiger partial charge in [-0.3, -0.25) is 0 Å². The van der Waals surface area contributed by atoms with Crippen molar-refractivity contribution < 1.29 is 14.2 Å². The molecule has 2 aromatic rings. The highest BCUT2D eigenvalue weighted by Crippen LogP contribution is 2.52. The summed E-state index contributed by atoms with van der Waals surface area (Å²) in [6.45, 7) is 2.91. The lowest BCUT2D eigenvalue weighted by Crippen LogP contribution is -2.32. The van der Waals surface area contributed by atoms with E-state index < -0.39 is 0 Å². The first-order chi connectivity index (χ1) is 12.1. The molecule has 0 amide bonds. The van der Waals surface area contributed by atoms with Crippen molar-refractivity contribution in [1.29, 1.82) is 0 Å². The van der Waals surface area contributed by atoms with E-state index in [1.807, 2.05) is 6.07 Å². The summed E-state index contributed by atoms with van der Waals surface area (Å²) in [5.41, 5.74) is 3.56. The van der Waals surface area contributed by atoms with E-state index in [1.54, 1.807) is 14.2 Å². The molecule has 25 heavy (non-hydrogen) atoms. The van der Waals surface area contributed by atoms with E-state index in [0.29, 0.717) is 6.61 Å². The van der Waals surface area contributed by atoms with Crippen LogP contribution in [-0.2, 0) is 10.2 Å². The maximum atomic E-state index is 6.29. The Morgan fingerprint density at radius 1 is 0.960 bits per heavy atom. The fraction of sp³-hybridized carbons (Fsp3) is 0.364. The molecular formula is C22H24O3. The molecule has 0 saturated carbocycles. The minimum absolute atomic E-state index is 0.129. The average Bonchev–Trinajstić information content (AvgIpc) is 2.91. The molecule has 2 atom stereocenters. The normalized spacial score (nSPS) is 27.7. The highest BCUT2D eigenvalue weighted by atomic mass is 16.5. The standard InChI is InChI=1S/C22H24O3/c1-21-12-17(16-7-5-4-6-8-16)13-22(14-21,15-25-21)18-9-19(23-2)11-20(10-18)24-3/h4-11,13H,12,14-15H2,1-3H3/t21-,22-/m0/s1. The minimum Gasteiger partial charge on any atom is -0.497 e. The number of benzene rings is 2. The van der Waals surface area contributed by atoms with Crippen molar-refractivity contribution in [2.24, 2.45) is 0 Å². The van der Waals surface area contributed by atoms with E-state index >= 15 is 0 Å². The van der Waals surface area contributed by atoms with Gasteiger partial charge >= 0.3 is 0 Å². The lowest BCUT2D eigenvalue weighted by Gasteiger charge is -2.34. The van der Waals surface area contributed by atoms with Crippen molar-refractivity contribution in [2.75, 3.05) is 20.8 Å². The third-order valence-electron chi connectivity index (χ3n) is 5.45. The van der Waals surface area contributed by atoms with E-state index in [0.717, 1.165) is 24.3 Å². The molecule has 0 aromatic heterocycles. The fourth-order valence-electron chi connectivity index (χ4n) is 4.27. The Balaban J connectivity index is 1.84. The van der Waals surface area contributed by atoms with Crippen LogP contribution in [0.25, 0.3) is 5.57 Å². The number of methoxy groups -OCH3 is 2. The molecule has 4 rings (SSSR count). The lowest BCUT2D eigenvalue weighted by molar-refractivity contribution is 0.0248. The van der Waals surface area contributed by atoms with Gasteiger partial charge in [0.2, 0.25) is 0 Å². The van der Waals surface area contributed by atoms with Gasteiger partial charge in [0.05, 0.1) is 26.4 Å². The molecule has 0 spiro atoms. The molecule has 1 aliphatic carbocycles. The molecule has 1 saturated heterocycles. The van der Waals surface area contributed by atoms with Crippen LogP contribution in [0.1, 0.15) is 30.9 Å². The van der Waals surface area contributed by atoms with Gasteiger partial charge in [-0.25, -0.2) is 0 Å². The summed E-state index contributed by atoms with van der Waals surface area (Å²) >= 11 is 0. The van der Waals surface area contributed by atoms with E-state index in [-0.39, 0.29) is 11.0 Å². The molecule has 0 N–H and O–H groups in total. The second-order valence-electron chi connectivity index (χ2n) is 7.39. The van der Waals surface area contributed by atoms with Crippen LogP contribution >= 0.6 is 0 Å². The molecule has 2 aromatic carbocycles. The summed E-state index contributed by atoms with van der Waals surface area (Å²) in [5, 5.41) is 0. The summed E-state index contributed by atoms with van der Waals surface area (Å²) < 4.78 is 17.3. The van der Waals surface area contributed by atoms with Gasteiger partial charge in [-0.2, -0.15) is 0 Å².